The van der Waals surface area contributed by atoms with E-state index in [1.807, 2.05) is 66.4 Å². The van der Waals surface area contributed by atoms with Crippen LogP contribution in [-0.4, -0.2) is 78.8 Å². The van der Waals surface area contributed by atoms with Crippen LogP contribution in [0, 0.1) is 5.92 Å². The molecule has 2 heterocycles. The first-order chi connectivity index (χ1) is 23.3. The minimum Gasteiger partial charge on any atom is -0.497 e. The number of nitrogens with one attached hydrogen (secondary N) is 2. The lowest BCUT2D eigenvalue weighted by molar-refractivity contribution is -0.134. The van der Waals surface area contributed by atoms with E-state index in [0.717, 1.165) is 49.1 Å². The van der Waals surface area contributed by atoms with Crippen molar-refractivity contribution in [2.45, 2.75) is 83.7 Å². The highest BCUT2D eigenvalue weighted by Crippen LogP contribution is 2.30. The van der Waals surface area contributed by atoms with Crippen LogP contribution < -0.4 is 20.1 Å². The number of rotatable bonds is 12. The Balaban J connectivity index is 1.32. The molecular formula is C38H51N5O5. The number of fused-ring (bicyclic) bond motifs is 1. The molecule has 0 bridgehead atoms. The van der Waals surface area contributed by atoms with Gasteiger partial charge in [0.2, 0.25) is 5.91 Å². The third-order valence-electron chi connectivity index (χ3n) is 9.33. The maximum absolute atomic E-state index is 14.0. The zero-order chi connectivity index (χ0) is 33.9. The number of benzene rings is 2. The van der Waals surface area contributed by atoms with E-state index >= 15 is 0 Å². The minimum absolute atomic E-state index is 0.00171. The number of pyridine rings is 1. The van der Waals surface area contributed by atoms with Crippen LogP contribution in [0.5, 0.6) is 11.5 Å². The molecular weight excluding hydrogens is 606 g/mol. The topological polar surface area (TPSA) is 105 Å². The third kappa shape index (κ3) is 10.2. The summed E-state index contributed by atoms with van der Waals surface area (Å²) in [5.74, 6) is 1.50. The molecule has 3 aromatic rings. The number of urea groups is 1. The van der Waals surface area contributed by atoms with Crippen molar-refractivity contribution in [2.24, 2.45) is 5.92 Å². The molecule has 258 valence electrons. The van der Waals surface area contributed by atoms with E-state index in [0.29, 0.717) is 37.7 Å². The number of ether oxygens (including phenoxy) is 3. The van der Waals surface area contributed by atoms with Crippen molar-refractivity contribution in [2.75, 3.05) is 39.2 Å². The van der Waals surface area contributed by atoms with Crippen LogP contribution in [0.4, 0.5) is 10.5 Å². The van der Waals surface area contributed by atoms with Crippen molar-refractivity contribution in [3.63, 3.8) is 0 Å². The first kappa shape index (κ1) is 35.2. The lowest BCUT2D eigenvalue weighted by Gasteiger charge is -2.34. The molecule has 1 saturated carbocycles. The number of hydrogen-bond acceptors (Lipinski definition) is 7. The van der Waals surface area contributed by atoms with Crippen LogP contribution in [0.2, 0.25) is 0 Å². The van der Waals surface area contributed by atoms with Crippen LogP contribution in [-0.2, 0) is 29.1 Å². The molecule has 0 saturated heterocycles. The Bertz CT molecular complexity index is 1460. The third-order valence-corrected chi connectivity index (χ3v) is 9.33. The summed E-state index contributed by atoms with van der Waals surface area (Å²) < 4.78 is 18.1. The molecule has 1 aromatic heterocycles. The number of carbonyl (C=O) groups excluding carboxylic acids is 2. The summed E-state index contributed by atoms with van der Waals surface area (Å²) in [5, 5.41) is 6.11. The fraction of sp³-hybridized carbons (Fsp3) is 0.500. The zero-order valence-electron chi connectivity index (χ0n) is 28.8. The van der Waals surface area contributed by atoms with Crippen molar-refractivity contribution in [3.8, 4) is 11.5 Å². The van der Waals surface area contributed by atoms with E-state index in [2.05, 4.69) is 34.5 Å². The predicted octanol–water partition coefficient (Wildman–Crippen LogP) is 6.05. The van der Waals surface area contributed by atoms with Gasteiger partial charge < -0.3 is 29.7 Å². The highest BCUT2D eigenvalue weighted by atomic mass is 16.5. The molecule has 2 aromatic carbocycles. The lowest BCUT2D eigenvalue weighted by Crippen LogP contribution is -2.47. The van der Waals surface area contributed by atoms with E-state index < -0.39 is 0 Å². The highest BCUT2D eigenvalue weighted by molar-refractivity contribution is 5.90. The van der Waals surface area contributed by atoms with E-state index in [1.54, 1.807) is 19.5 Å². The van der Waals surface area contributed by atoms with Crippen molar-refractivity contribution in [3.05, 3.63) is 83.7 Å². The molecule has 3 atom stereocenters. The molecule has 1 unspecified atom stereocenters. The number of likely N-dealkylation sites (N-methyl/N-ethyl adjacent to an activating group) is 1. The average molecular weight is 658 g/mol. The molecule has 5 rings (SSSR count). The zero-order valence-corrected chi connectivity index (χ0v) is 28.8. The van der Waals surface area contributed by atoms with E-state index in [-0.39, 0.29) is 42.5 Å². The van der Waals surface area contributed by atoms with Gasteiger partial charge in [0.15, 0.2) is 0 Å². The van der Waals surface area contributed by atoms with Crippen LogP contribution in [0.1, 0.15) is 62.6 Å². The van der Waals surface area contributed by atoms with Gasteiger partial charge in [-0.1, -0.05) is 38.3 Å². The van der Waals surface area contributed by atoms with E-state index in [9.17, 15) is 9.59 Å². The van der Waals surface area contributed by atoms with Gasteiger partial charge in [0.25, 0.3) is 0 Å². The number of carbonyl (C=O) groups is 2. The van der Waals surface area contributed by atoms with Crippen molar-refractivity contribution >= 4 is 17.6 Å². The highest BCUT2D eigenvalue weighted by Gasteiger charge is 2.31. The summed E-state index contributed by atoms with van der Waals surface area (Å²) >= 11 is 0. The molecule has 2 aliphatic rings. The maximum atomic E-state index is 14.0. The quantitative estimate of drug-likeness (QED) is 0.244. The van der Waals surface area contributed by atoms with Crippen LogP contribution >= 0.6 is 0 Å². The van der Waals surface area contributed by atoms with Gasteiger partial charge in [-0.25, -0.2) is 4.79 Å². The van der Waals surface area contributed by atoms with Gasteiger partial charge in [0.05, 0.1) is 32.8 Å². The van der Waals surface area contributed by atoms with Crippen molar-refractivity contribution < 1.29 is 23.8 Å². The Hall–Kier alpha value is -4.15. The second kappa shape index (κ2) is 17.3. The SMILES string of the molecule is COc1ccc(COC[C@H](C)N2CC(C)[C@H](CN(C)Cc3ccncc3)Oc3ccc(NC(=O)NC4CCCCC4)cc3CC2=O)cc1. The molecule has 0 spiro atoms. The summed E-state index contributed by atoms with van der Waals surface area (Å²) in [6, 6.07) is 17.3. The van der Waals surface area contributed by atoms with Crippen LogP contribution in [0.15, 0.2) is 67.0 Å². The second-order valence-electron chi connectivity index (χ2n) is 13.4. The molecule has 10 heteroatoms. The monoisotopic (exact) mass is 657 g/mol. The molecule has 1 aliphatic heterocycles. The van der Waals surface area contributed by atoms with Crippen molar-refractivity contribution in [1.29, 1.82) is 0 Å². The molecule has 10 nitrogen and oxygen atoms in total. The first-order valence-electron chi connectivity index (χ1n) is 17.2. The average Bonchev–Trinajstić information content (AvgIpc) is 3.13. The van der Waals surface area contributed by atoms with Crippen LogP contribution in [0.25, 0.3) is 0 Å². The molecule has 2 N–H and O–H groups in total. The Labute approximate surface area is 285 Å². The van der Waals surface area contributed by atoms with Gasteiger partial charge in [-0.2, -0.15) is 0 Å². The smallest absolute Gasteiger partial charge is 0.319 e. The number of amides is 3. The summed E-state index contributed by atoms with van der Waals surface area (Å²) in [4.78, 5) is 35.2. The van der Waals surface area contributed by atoms with Crippen molar-refractivity contribution in [1.82, 2.24) is 20.1 Å². The summed E-state index contributed by atoms with van der Waals surface area (Å²) in [5.41, 5.74) is 3.60. The van der Waals surface area contributed by atoms with Gasteiger partial charge in [0, 0.05) is 55.2 Å². The molecule has 3 amide bonds. The number of anilines is 1. The van der Waals surface area contributed by atoms with E-state index in [4.69, 9.17) is 14.2 Å². The van der Waals surface area contributed by atoms with Gasteiger partial charge in [0.1, 0.15) is 17.6 Å². The number of methoxy groups -OCH3 is 1. The lowest BCUT2D eigenvalue weighted by atomic mass is 9.96. The fourth-order valence-corrected chi connectivity index (χ4v) is 6.56. The standard InChI is InChI=1S/C38H51N5O5/c1-27-22-43(28(2)25-47-26-30-10-13-34(46-4)14-11-30)37(44)21-31-20-33(41-38(45)40-32-8-6-5-7-9-32)12-15-35(31)48-36(27)24-42(3)23-29-16-18-39-19-17-29/h10-20,27-28,32,36H,5-9,21-26H2,1-4H3,(H2,40,41,45)/t27?,28-,36-/m0/s1. The maximum Gasteiger partial charge on any atom is 0.319 e. The second-order valence-corrected chi connectivity index (χ2v) is 13.4. The summed E-state index contributed by atoms with van der Waals surface area (Å²) in [6.45, 7) is 6.97. The Morgan fingerprint density at radius 1 is 1.06 bits per heavy atom. The summed E-state index contributed by atoms with van der Waals surface area (Å²) in [7, 11) is 3.73. The van der Waals surface area contributed by atoms with Gasteiger partial charge in [-0.15, -0.1) is 0 Å². The van der Waals surface area contributed by atoms with Gasteiger partial charge in [-0.05, 0) is 80.4 Å². The Morgan fingerprint density at radius 3 is 2.54 bits per heavy atom. The van der Waals surface area contributed by atoms with Gasteiger partial charge >= 0.3 is 6.03 Å². The fourth-order valence-electron chi connectivity index (χ4n) is 6.56. The largest absolute Gasteiger partial charge is 0.497 e. The number of nitrogens with zero attached hydrogens (tertiary/aromatic N) is 3. The molecule has 1 fully saturated rings. The first-order valence-corrected chi connectivity index (χ1v) is 17.2. The number of hydrogen-bond donors (Lipinski definition) is 2. The number of aromatic nitrogens is 1. The minimum atomic E-state index is -0.217. The van der Waals surface area contributed by atoms with Gasteiger partial charge in [-0.3, -0.25) is 14.7 Å². The van der Waals surface area contributed by atoms with Crippen LogP contribution in [0.3, 0.4) is 0 Å². The predicted molar refractivity (Wildman–Crippen MR) is 187 cm³/mol. The normalized spacial score (nSPS) is 19.4. The molecule has 0 radical (unpaired) electrons. The molecule has 48 heavy (non-hydrogen) atoms. The Morgan fingerprint density at radius 2 is 1.81 bits per heavy atom. The van der Waals surface area contributed by atoms with E-state index in [1.165, 1.54) is 12.0 Å². The summed E-state index contributed by atoms with van der Waals surface area (Å²) in [6.07, 6.45) is 9.10. The molecule has 1 aliphatic carbocycles. The Kier molecular flexibility index (Phi) is 12.7.